The second-order valence-corrected chi connectivity index (χ2v) is 11.6. The molecule has 0 radical (unpaired) electrons. The number of imidazole rings is 1. The van der Waals surface area contributed by atoms with Crippen molar-refractivity contribution >= 4 is 59.9 Å². The summed E-state index contributed by atoms with van der Waals surface area (Å²) in [5, 5.41) is 5.50. The molecule has 0 unspecified atom stereocenters. The Morgan fingerprint density at radius 3 is 1.91 bits per heavy atom. The quantitative estimate of drug-likeness (QED) is 0.193. The zero-order chi connectivity index (χ0) is 30.4. The smallest absolute Gasteiger partial charge is 0.264 e. The first-order valence-electron chi connectivity index (χ1n) is 15.3. The number of hydrogen-bond donors (Lipinski definition) is 0. The van der Waals surface area contributed by atoms with Crippen LogP contribution in [0.2, 0.25) is 0 Å². The average molecular weight is 590 g/mol. The van der Waals surface area contributed by atoms with Crippen LogP contribution in [0.15, 0.2) is 144 Å². The largest absolute Gasteiger partial charge is 0.278 e. The first kappa shape index (κ1) is 25.0. The Morgan fingerprint density at radius 2 is 1.13 bits per heavy atom. The topological polar surface area (TPSA) is 65.1 Å². The lowest BCUT2D eigenvalue weighted by atomic mass is 10.0. The van der Waals surface area contributed by atoms with Gasteiger partial charge in [0.15, 0.2) is 0 Å². The number of aromatic nitrogens is 5. The van der Waals surface area contributed by atoms with Crippen molar-refractivity contribution in [1.82, 2.24) is 23.9 Å². The minimum Gasteiger partial charge on any atom is -0.278 e. The maximum absolute atomic E-state index is 14.2. The summed E-state index contributed by atoms with van der Waals surface area (Å²) < 4.78 is 3.95. The monoisotopic (exact) mass is 589 g/mol. The predicted octanol–water partition coefficient (Wildman–Crippen LogP) is 8.81. The molecule has 6 heteroatoms. The van der Waals surface area contributed by atoms with Gasteiger partial charge in [-0.1, -0.05) is 115 Å². The lowest BCUT2D eigenvalue weighted by Gasteiger charge is -2.12. The van der Waals surface area contributed by atoms with E-state index in [1.807, 2.05) is 103 Å². The van der Waals surface area contributed by atoms with Gasteiger partial charge in [-0.15, -0.1) is 0 Å². The van der Waals surface area contributed by atoms with Crippen molar-refractivity contribution in [3.8, 4) is 28.6 Å². The predicted molar refractivity (Wildman–Crippen MR) is 186 cm³/mol. The molecule has 10 rings (SSSR count). The van der Waals surface area contributed by atoms with Gasteiger partial charge in [-0.2, -0.15) is 0 Å². The maximum atomic E-state index is 14.2. The number of hydrogen-bond acceptors (Lipinski definition) is 4. The normalized spacial score (nSPS) is 12.0. The average Bonchev–Trinajstić information content (AvgIpc) is 3.68. The summed E-state index contributed by atoms with van der Waals surface area (Å²) in [5.41, 5.74) is 7.10. The molecule has 0 N–H and O–H groups in total. The van der Waals surface area contributed by atoms with Crippen LogP contribution in [0, 0.1) is 0 Å². The van der Waals surface area contributed by atoms with Gasteiger partial charge < -0.3 is 0 Å². The molecule has 0 aliphatic rings. The van der Waals surface area contributed by atoms with Gasteiger partial charge in [0.05, 0.1) is 27.8 Å². The number of para-hydroxylation sites is 2. The van der Waals surface area contributed by atoms with E-state index in [1.165, 1.54) is 0 Å². The molecule has 0 amide bonds. The van der Waals surface area contributed by atoms with Gasteiger partial charge in [0, 0.05) is 38.1 Å². The van der Waals surface area contributed by atoms with Crippen molar-refractivity contribution in [1.29, 1.82) is 0 Å². The molecule has 46 heavy (non-hydrogen) atoms. The van der Waals surface area contributed by atoms with E-state index in [9.17, 15) is 4.79 Å². The third-order valence-corrected chi connectivity index (χ3v) is 9.08. The molecule has 4 aromatic heterocycles. The zero-order valence-electron chi connectivity index (χ0n) is 24.4. The van der Waals surface area contributed by atoms with Gasteiger partial charge >= 0.3 is 0 Å². The molecule has 0 aliphatic heterocycles. The molecule has 214 valence electrons. The second-order valence-electron chi connectivity index (χ2n) is 11.6. The lowest BCUT2D eigenvalue weighted by Crippen LogP contribution is -2.14. The molecule has 6 nitrogen and oxygen atoms in total. The highest BCUT2D eigenvalue weighted by Crippen LogP contribution is 2.41. The highest BCUT2D eigenvalue weighted by atomic mass is 16.1. The molecule has 4 heterocycles. The molecule has 10 aromatic rings. The Labute approximate surface area is 261 Å². The molecule has 0 bridgehead atoms. The van der Waals surface area contributed by atoms with Gasteiger partial charge in [-0.3, -0.25) is 13.8 Å². The van der Waals surface area contributed by atoms with Crippen LogP contribution in [-0.4, -0.2) is 23.9 Å². The van der Waals surface area contributed by atoms with Crippen molar-refractivity contribution in [3.05, 3.63) is 150 Å². The summed E-state index contributed by atoms with van der Waals surface area (Å²) in [7, 11) is 0. The van der Waals surface area contributed by atoms with Gasteiger partial charge in [0.2, 0.25) is 5.95 Å². The van der Waals surface area contributed by atoms with Crippen LogP contribution in [0.3, 0.4) is 0 Å². The summed E-state index contributed by atoms with van der Waals surface area (Å²) in [5.74, 6) is 1.21. The van der Waals surface area contributed by atoms with Crippen LogP contribution < -0.4 is 5.56 Å². The van der Waals surface area contributed by atoms with Crippen molar-refractivity contribution in [2.75, 3.05) is 0 Å². The fraction of sp³-hybridized carbons (Fsp3) is 0. The molecule has 0 saturated carbocycles. The third kappa shape index (κ3) is 3.35. The number of fused-ring (bicyclic) bond motifs is 7. The zero-order valence-corrected chi connectivity index (χ0v) is 24.4. The third-order valence-electron chi connectivity index (χ3n) is 9.08. The molecule has 6 aromatic carbocycles. The summed E-state index contributed by atoms with van der Waals surface area (Å²) in [4.78, 5) is 29.9. The molecular weight excluding hydrogens is 566 g/mol. The summed E-state index contributed by atoms with van der Waals surface area (Å²) >= 11 is 0. The summed E-state index contributed by atoms with van der Waals surface area (Å²) in [6, 6.07) is 46.7. The van der Waals surface area contributed by atoms with E-state index in [1.54, 1.807) is 4.40 Å². The van der Waals surface area contributed by atoms with Crippen LogP contribution in [-0.2, 0) is 0 Å². The Morgan fingerprint density at radius 1 is 0.500 bits per heavy atom. The van der Waals surface area contributed by atoms with Crippen LogP contribution >= 0.6 is 0 Å². The first-order valence-corrected chi connectivity index (χ1v) is 15.3. The van der Waals surface area contributed by atoms with Gasteiger partial charge in [0.25, 0.3) is 5.56 Å². The fourth-order valence-corrected chi connectivity index (χ4v) is 7.10. The fourth-order valence-electron chi connectivity index (χ4n) is 7.10. The number of rotatable bonds is 3. The lowest BCUT2D eigenvalue weighted by molar-refractivity contribution is 1.01. The molecule has 0 aliphatic carbocycles. The van der Waals surface area contributed by atoms with Crippen LogP contribution in [0.4, 0.5) is 0 Å². The summed E-state index contributed by atoms with van der Waals surface area (Å²) in [6.45, 7) is 0. The van der Waals surface area contributed by atoms with Crippen LogP contribution in [0.25, 0.3) is 88.5 Å². The minimum atomic E-state index is -0.0714. The van der Waals surface area contributed by atoms with E-state index in [0.29, 0.717) is 17.2 Å². The van der Waals surface area contributed by atoms with E-state index in [0.717, 1.165) is 71.3 Å². The van der Waals surface area contributed by atoms with Crippen LogP contribution in [0.1, 0.15) is 0 Å². The minimum absolute atomic E-state index is 0.0714. The Kier molecular flexibility index (Phi) is 5.05. The molecule has 0 spiro atoms. The molecule has 0 atom stereocenters. The Hall–Kier alpha value is -6.40. The second kappa shape index (κ2) is 9.30. The molecule has 0 fully saturated rings. The van der Waals surface area contributed by atoms with Crippen LogP contribution in [0.5, 0.6) is 0 Å². The van der Waals surface area contributed by atoms with Crippen molar-refractivity contribution in [3.63, 3.8) is 0 Å². The van der Waals surface area contributed by atoms with E-state index in [4.69, 9.17) is 15.0 Å². The Balaban J connectivity index is 1.42. The van der Waals surface area contributed by atoms with Crippen molar-refractivity contribution in [2.24, 2.45) is 0 Å². The number of nitrogens with zero attached hydrogens (tertiary/aromatic N) is 5. The summed E-state index contributed by atoms with van der Waals surface area (Å²) in [6.07, 6.45) is 0. The van der Waals surface area contributed by atoms with Gasteiger partial charge in [-0.25, -0.2) is 15.0 Å². The van der Waals surface area contributed by atoms with E-state index in [-0.39, 0.29) is 5.56 Å². The first-order chi connectivity index (χ1) is 22.8. The van der Waals surface area contributed by atoms with Gasteiger partial charge in [-0.05, 0) is 29.7 Å². The molecule has 0 saturated heterocycles. The molecular formula is C40H23N5O. The number of benzene rings is 6. The van der Waals surface area contributed by atoms with E-state index >= 15 is 0 Å². The standard InChI is InChI=1S/C40H23N5O/c46-39-27-18-8-7-17-26(27)30-23-33-34(36-37(30)45(39)38(42-36)25-15-5-2-6-16-25)29-20-10-12-22-32(29)44(33)40-41-31-21-11-9-19-28(31)35(43-40)24-13-3-1-4-14-24/h1-23H. The maximum Gasteiger partial charge on any atom is 0.264 e. The van der Waals surface area contributed by atoms with Crippen molar-refractivity contribution < 1.29 is 0 Å². The van der Waals surface area contributed by atoms with E-state index in [2.05, 4.69) is 41.0 Å². The Bertz CT molecular complexity index is 2870. The van der Waals surface area contributed by atoms with Gasteiger partial charge in [0.1, 0.15) is 11.3 Å². The highest BCUT2D eigenvalue weighted by molar-refractivity contribution is 6.27. The highest BCUT2D eigenvalue weighted by Gasteiger charge is 2.25. The van der Waals surface area contributed by atoms with Crippen molar-refractivity contribution in [2.45, 2.75) is 0 Å². The SMILES string of the molecule is O=c1c2ccccc2c2cc3c(c4ccccc4n3-c3nc(-c4ccccc4)c4ccccc4n3)c3nc(-c4ccccc4)n1c23. The van der Waals surface area contributed by atoms with E-state index < -0.39 is 0 Å². The number of pyridine rings is 1.